The number of anilines is 3. The van der Waals surface area contributed by atoms with Crippen molar-refractivity contribution in [3.63, 3.8) is 0 Å². The van der Waals surface area contributed by atoms with Gasteiger partial charge in [0.15, 0.2) is 5.82 Å². The Morgan fingerprint density at radius 2 is 1.81 bits per heavy atom. The van der Waals surface area contributed by atoms with Crippen LogP contribution in [0.5, 0.6) is 0 Å². The Labute approximate surface area is 216 Å². The third kappa shape index (κ3) is 5.24. The molecule has 1 N–H and O–H groups in total. The number of pyridine rings is 1. The first-order valence-electron chi connectivity index (χ1n) is 12.8. The van der Waals surface area contributed by atoms with E-state index in [1.165, 1.54) is 0 Å². The normalized spacial score (nSPS) is 17.3. The van der Waals surface area contributed by atoms with Crippen LogP contribution in [-0.4, -0.2) is 65.2 Å². The zero-order chi connectivity index (χ0) is 25.8. The van der Waals surface area contributed by atoms with Crippen LogP contribution in [0.15, 0.2) is 72.9 Å². The maximum Gasteiger partial charge on any atom is 0.257 e. The Morgan fingerprint density at radius 3 is 2.65 bits per heavy atom. The molecule has 1 saturated heterocycles. The molecule has 8 nitrogen and oxygen atoms in total. The van der Waals surface area contributed by atoms with Gasteiger partial charge in [-0.1, -0.05) is 36.8 Å². The van der Waals surface area contributed by atoms with E-state index in [-0.39, 0.29) is 30.3 Å². The van der Waals surface area contributed by atoms with Crippen LogP contribution in [0, 0.1) is 0 Å². The number of hydrogen-bond acceptors (Lipinski definition) is 5. The van der Waals surface area contributed by atoms with Crippen molar-refractivity contribution >= 4 is 34.9 Å². The minimum Gasteiger partial charge on any atom is -0.342 e. The van der Waals surface area contributed by atoms with Gasteiger partial charge in [-0.2, -0.15) is 0 Å². The lowest BCUT2D eigenvalue weighted by atomic mass is 9.99. The summed E-state index contributed by atoms with van der Waals surface area (Å²) in [6, 6.07) is 20.1. The quantitative estimate of drug-likeness (QED) is 0.548. The maximum absolute atomic E-state index is 13.9. The molecule has 0 bridgehead atoms. The lowest BCUT2D eigenvalue weighted by Crippen LogP contribution is -2.47. The van der Waals surface area contributed by atoms with Crippen molar-refractivity contribution in [3.8, 4) is 0 Å². The van der Waals surface area contributed by atoms with Crippen LogP contribution in [-0.2, 0) is 4.79 Å². The monoisotopic (exact) mass is 497 g/mol. The van der Waals surface area contributed by atoms with Gasteiger partial charge in [0.2, 0.25) is 5.91 Å². The third-order valence-corrected chi connectivity index (χ3v) is 7.14. The van der Waals surface area contributed by atoms with Gasteiger partial charge >= 0.3 is 0 Å². The largest absolute Gasteiger partial charge is 0.342 e. The smallest absolute Gasteiger partial charge is 0.257 e. The van der Waals surface area contributed by atoms with Gasteiger partial charge in [0, 0.05) is 31.4 Å². The number of benzene rings is 2. The van der Waals surface area contributed by atoms with E-state index in [0.717, 1.165) is 32.2 Å². The Kier molecular flexibility index (Phi) is 7.28. The van der Waals surface area contributed by atoms with Crippen LogP contribution in [0.4, 0.5) is 17.2 Å². The fourth-order valence-electron chi connectivity index (χ4n) is 5.17. The summed E-state index contributed by atoms with van der Waals surface area (Å²) in [4.78, 5) is 49.5. The number of piperidine rings is 1. The van der Waals surface area contributed by atoms with Crippen molar-refractivity contribution < 1.29 is 14.4 Å². The first kappa shape index (κ1) is 24.6. The standard InChI is InChI=1S/C29H31N5O3/c1-32(29(37)21-10-3-2-4-11-21)19-16-22-12-7-8-18-33(22)20-26(35)34-25-15-6-5-13-23(25)28(36)31-24-14-9-17-30-27(24)34/h2-6,9-11,13-15,17,22H,7-8,12,16,18-20H2,1H3,(H,31,36). The number of nitrogens with one attached hydrogen (secondary N) is 1. The fourth-order valence-corrected chi connectivity index (χ4v) is 5.17. The SMILES string of the molecule is CN(CCC1CCCCN1CC(=O)N1c2ccccc2C(=O)Nc2cccnc21)C(=O)c1ccccc1. The summed E-state index contributed by atoms with van der Waals surface area (Å²) < 4.78 is 0. The topological polar surface area (TPSA) is 85.8 Å². The number of fused-ring (bicyclic) bond motifs is 2. The number of amides is 3. The van der Waals surface area contributed by atoms with Crippen LogP contribution < -0.4 is 10.2 Å². The molecule has 1 atom stereocenters. The number of hydrogen-bond donors (Lipinski definition) is 1. The average Bonchev–Trinajstić information content (AvgIpc) is 3.06. The highest BCUT2D eigenvalue weighted by atomic mass is 16.2. The summed E-state index contributed by atoms with van der Waals surface area (Å²) in [5, 5.41) is 2.89. The van der Waals surface area contributed by atoms with Crippen molar-refractivity contribution in [1.82, 2.24) is 14.8 Å². The summed E-state index contributed by atoms with van der Waals surface area (Å²) in [6.45, 7) is 1.63. The molecular formula is C29H31N5O3. The van der Waals surface area contributed by atoms with E-state index in [9.17, 15) is 14.4 Å². The molecule has 37 heavy (non-hydrogen) atoms. The zero-order valence-corrected chi connectivity index (χ0v) is 21.0. The predicted octanol–water partition coefficient (Wildman–Crippen LogP) is 4.33. The van der Waals surface area contributed by atoms with Crippen molar-refractivity contribution in [1.29, 1.82) is 0 Å². The highest BCUT2D eigenvalue weighted by Crippen LogP contribution is 2.36. The second-order valence-electron chi connectivity index (χ2n) is 9.58. The summed E-state index contributed by atoms with van der Waals surface area (Å²) in [5.74, 6) is 0.0271. The third-order valence-electron chi connectivity index (χ3n) is 7.14. The van der Waals surface area contributed by atoms with Crippen molar-refractivity contribution in [3.05, 3.63) is 84.1 Å². The molecule has 0 saturated carbocycles. The number of para-hydroxylation sites is 1. The van der Waals surface area contributed by atoms with Crippen LogP contribution in [0.2, 0.25) is 0 Å². The van der Waals surface area contributed by atoms with Crippen LogP contribution >= 0.6 is 0 Å². The number of rotatable bonds is 6. The Bertz CT molecular complexity index is 1300. The number of carbonyl (C=O) groups is 3. The van der Waals surface area contributed by atoms with Gasteiger partial charge < -0.3 is 10.2 Å². The van der Waals surface area contributed by atoms with E-state index in [2.05, 4.69) is 15.2 Å². The second kappa shape index (κ2) is 10.9. The van der Waals surface area contributed by atoms with Crippen molar-refractivity contribution in [2.45, 2.75) is 31.7 Å². The molecule has 2 aliphatic rings. The van der Waals surface area contributed by atoms with Crippen molar-refractivity contribution in [2.24, 2.45) is 0 Å². The lowest BCUT2D eigenvalue weighted by Gasteiger charge is -2.37. The van der Waals surface area contributed by atoms with Crippen LogP contribution in [0.25, 0.3) is 0 Å². The molecule has 0 radical (unpaired) electrons. The summed E-state index contributed by atoms with van der Waals surface area (Å²) in [5.41, 5.74) is 2.15. The molecule has 8 heteroatoms. The second-order valence-corrected chi connectivity index (χ2v) is 9.58. The highest BCUT2D eigenvalue weighted by Gasteiger charge is 2.33. The first-order chi connectivity index (χ1) is 18.0. The summed E-state index contributed by atoms with van der Waals surface area (Å²) in [6.07, 6.45) is 5.51. The van der Waals surface area contributed by atoms with E-state index in [0.29, 0.717) is 34.9 Å². The van der Waals surface area contributed by atoms with E-state index in [4.69, 9.17) is 0 Å². The van der Waals surface area contributed by atoms with Gasteiger partial charge in [-0.15, -0.1) is 0 Å². The van der Waals surface area contributed by atoms with Crippen LogP contribution in [0.1, 0.15) is 46.4 Å². The minimum absolute atomic E-state index is 0.0000538. The van der Waals surface area contributed by atoms with Gasteiger partial charge in [-0.3, -0.25) is 24.2 Å². The molecule has 2 aromatic carbocycles. The first-order valence-corrected chi connectivity index (χ1v) is 12.8. The molecular weight excluding hydrogens is 466 g/mol. The molecule has 0 aliphatic carbocycles. The molecule has 3 heterocycles. The number of aromatic nitrogens is 1. The van der Waals surface area contributed by atoms with Gasteiger partial charge in [0.1, 0.15) is 0 Å². The molecule has 1 aromatic heterocycles. The fraction of sp³-hybridized carbons (Fsp3) is 0.310. The van der Waals surface area contributed by atoms with E-state index >= 15 is 0 Å². The van der Waals surface area contributed by atoms with Gasteiger partial charge in [0.05, 0.1) is 23.5 Å². The van der Waals surface area contributed by atoms with Crippen molar-refractivity contribution in [2.75, 3.05) is 36.9 Å². The average molecular weight is 498 g/mol. The number of nitrogens with zero attached hydrogens (tertiary/aromatic N) is 4. The Morgan fingerprint density at radius 1 is 1.03 bits per heavy atom. The molecule has 5 rings (SSSR count). The molecule has 2 aliphatic heterocycles. The highest BCUT2D eigenvalue weighted by molar-refractivity contribution is 6.17. The number of likely N-dealkylation sites (tertiary alicyclic amines) is 1. The Hall–Kier alpha value is -4.04. The van der Waals surface area contributed by atoms with Gasteiger partial charge in [-0.05, 0) is 62.2 Å². The maximum atomic E-state index is 13.9. The zero-order valence-electron chi connectivity index (χ0n) is 21.0. The molecule has 1 unspecified atom stereocenters. The molecule has 190 valence electrons. The minimum atomic E-state index is -0.262. The number of carbonyl (C=O) groups excluding carboxylic acids is 3. The van der Waals surface area contributed by atoms with Gasteiger partial charge in [-0.25, -0.2) is 4.98 Å². The van der Waals surface area contributed by atoms with E-state index < -0.39 is 0 Å². The Balaban J connectivity index is 1.33. The molecule has 3 aromatic rings. The van der Waals surface area contributed by atoms with E-state index in [1.54, 1.807) is 46.3 Å². The molecule has 3 amide bonds. The molecule has 0 spiro atoms. The molecule has 1 fully saturated rings. The van der Waals surface area contributed by atoms with Crippen LogP contribution in [0.3, 0.4) is 0 Å². The predicted molar refractivity (Wildman–Crippen MR) is 143 cm³/mol. The van der Waals surface area contributed by atoms with Gasteiger partial charge in [0.25, 0.3) is 11.8 Å². The lowest BCUT2D eigenvalue weighted by molar-refractivity contribution is -0.120. The van der Waals surface area contributed by atoms with E-state index in [1.807, 2.05) is 43.4 Å². The summed E-state index contributed by atoms with van der Waals surface area (Å²) >= 11 is 0. The summed E-state index contributed by atoms with van der Waals surface area (Å²) in [7, 11) is 1.83.